The van der Waals surface area contributed by atoms with Gasteiger partial charge < -0.3 is 20.2 Å². The van der Waals surface area contributed by atoms with Crippen LogP contribution < -0.4 is 5.32 Å². The summed E-state index contributed by atoms with van der Waals surface area (Å²) in [6, 6.07) is 0.0201. The number of hydrogen-bond donors (Lipinski definition) is 2. The van der Waals surface area contributed by atoms with Crippen LogP contribution in [0.2, 0.25) is 0 Å². The van der Waals surface area contributed by atoms with Gasteiger partial charge in [-0.1, -0.05) is 6.92 Å². The number of piperidine rings is 1. The third-order valence-corrected chi connectivity index (χ3v) is 3.73. The summed E-state index contributed by atoms with van der Waals surface area (Å²) in [5.74, 6) is -0.877. The summed E-state index contributed by atoms with van der Waals surface area (Å²) >= 11 is 0. The number of carbonyl (C=O) groups excluding carboxylic acids is 1. The molecule has 0 bridgehead atoms. The maximum atomic E-state index is 12.3. The zero-order chi connectivity index (χ0) is 15.1. The van der Waals surface area contributed by atoms with E-state index in [0.717, 1.165) is 32.5 Å². The van der Waals surface area contributed by atoms with Crippen molar-refractivity contribution in [2.75, 3.05) is 26.2 Å². The molecule has 0 aromatic heterocycles. The van der Waals surface area contributed by atoms with Gasteiger partial charge in [-0.3, -0.25) is 4.79 Å². The van der Waals surface area contributed by atoms with Crippen molar-refractivity contribution in [3.05, 3.63) is 0 Å². The van der Waals surface area contributed by atoms with Crippen molar-refractivity contribution in [3.63, 3.8) is 0 Å². The standard InChI is InChI=1S/C14H27N3O3/c1-4-16-8-5-6-12(10-16)15-14(20)17(11(2)3)9-7-13(18)19/h11-12H,4-10H2,1-3H3,(H,15,20)(H,18,19). The number of carboxylic acids is 1. The fourth-order valence-electron chi connectivity index (χ4n) is 2.53. The molecule has 1 saturated heterocycles. The molecule has 1 fully saturated rings. The number of carboxylic acid groups (broad SMARTS) is 1. The van der Waals surface area contributed by atoms with Gasteiger partial charge in [0.25, 0.3) is 0 Å². The first-order valence-electron chi connectivity index (χ1n) is 7.45. The van der Waals surface area contributed by atoms with Crippen molar-refractivity contribution in [1.82, 2.24) is 15.1 Å². The second-order valence-electron chi connectivity index (χ2n) is 5.61. The average Bonchev–Trinajstić information content (AvgIpc) is 2.38. The quantitative estimate of drug-likeness (QED) is 0.773. The van der Waals surface area contributed by atoms with Crippen LogP contribution in [-0.4, -0.2) is 65.2 Å². The number of aliphatic carboxylic acids is 1. The average molecular weight is 285 g/mol. The molecule has 1 aliphatic heterocycles. The highest BCUT2D eigenvalue weighted by Gasteiger charge is 2.24. The van der Waals surface area contributed by atoms with E-state index in [9.17, 15) is 9.59 Å². The van der Waals surface area contributed by atoms with Crippen LogP contribution in [0.1, 0.15) is 40.0 Å². The fraction of sp³-hybridized carbons (Fsp3) is 0.857. The molecule has 1 unspecified atom stereocenters. The van der Waals surface area contributed by atoms with E-state index in [-0.39, 0.29) is 31.1 Å². The van der Waals surface area contributed by atoms with Gasteiger partial charge in [0.15, 0.2) is 0 Å². The Bertz CT molecular complexity index is 334. The minimum absolute atomic E-state index is 0.000203. The Labute approximate surface area is 121 Å². The van der Waals surface area contributed by atoms with Gasteiger partial charge in [-0.05, 0) is 39.8 Å². The largest absolute Gasteiger partial charge is 0.481 e. The number of likely N-dealkylation sites (N-methyl/N-ethyl adjacent to an activating group) is 1. The number of nitrogens with one attached hydrogen (secondary N) is 1. The molecular weight excluding hydrogens is 258 g/mol. The Morgan fingerprint density at radius 3 is 2.70 bits per heavy atom. The predicted octanol–water partition coefficient (Wildman–Crippen LogP) is 1.37. The number of rotatable bonds is 6. The summed E-state index contributed by atoms with van der Waals surface area (Å²) in [5.41, 5.74) is 0. The number of urea groups is 1. The van der Waals surface area contributed by atoms with Gasteiger partial charge in [0, 0.05) is 25.2 Å². The van der Waals surface area contributed by atoms with Gasteiger partial charge in [0.2, 0.25) is 0 Å². The highest BCUT2D eigenvalue weighted by molar-refractivity contribution is 5.76. The normalized spacial score (nSPS) is 19.9. The molecule has 116 valence electrons. The van der Waals surface area contributed by atoms with Gasteiger partial charge >= 0.3 is 12.0 Å². The minimum atomic E-state index is -0.877. The number of likely N-dealkylation sites (tertiary alicyclic amines) is 1. The molecule has 0 aliphatic carbocycles. The van der Waals surface area contributed by atoms with E-state index in [2.05, 4.69) is 17.1 Å². The first-order chi connectivity index (χ1) is 9.43. The number of nitrogens with zero attached hydrogens (tertiary/aromatic N) is 2. The number of amides is 2. The Morgan fingerprint density at radius 2 is 2.15 bits per heavy atom. The zero-order valence-electron chi connectivity index (χ0n) is 12.8. The molecule has 0 aromatic rings. The summed E-state index contributed by atoms with van der Waals surface area (Å²) in [6.45, 7) is 9.16. The molecule has 1 aliphatic rings. The lowest BCUT2D eigenvalue weighted by atomic mass is 10.1. The first kappa shape index (κ1) is 16.8. The third kappa shape index (κ3) is 5.36. The lowest BCUT2D eigenvalue weighted by molar-refractivity contribution is -0.137. The molecule has 0 aromatic carbocycles. The van der Waals surface area contributed by atoms with Crippen molar-refractivity contribution >= 4 is 12.0 Å². The minimum Gasteiger partial charge on any atom is -0.481 e. The molecule has 1 rings (SSSR count). The monoisotopic (exact) mass is 285 g/mol. The lowest BCUT2D eigenvalue weighted by Crippen LogP contribution is -2.53. The van der Waals surface area contributed by atoms with Gasteiger partial charge in [0.05, 0.1) is 6.42 Å². The van der Waals surface area contributed by atoms with E-state index in [1.165, 1.54) is 0 Å². The van der Waals surface area contributed by atoms with Gasteiger partial charge in [0.1, 0.15) is 0 Å². The fourth-order valence-corrected chi connectivity index (χ4v) is 2.53. The topological polar surface area (TPSA) is 72.9 Å². The molecular formula is C14H27N3O3. The maximum Gasteiger partial charge on any atom is 0.317 e. The first-order valence-corrected chi connectivity index (χ1v) is 7.45. The highest BCUT2D eigenvalue weighted by atomic mass is 16.4. The van der Waals surface area contributed by atoms with E-state index in [1.807, 2.05) is 13.8 Å². The molecule has 6 nitrogen and oxygen atoms in total. The summed E-state index contributed by atoms with van der Waals surface area (Å²) in [6.07, 6.45) is 2.07. The summed E-state index contributed by atoms with van der Waals surface area (Å²) in [5, 5.41) is 11.8. The van der Waals surface area contributed by atoms with E-state index in [0.29, 0.717) is 0 Å². The maximum absolute atomic E-state index is 12.3. The van der Waals surface area contributed by atoms with Crippen molar-refractivity contribution < 1.29 is 14.7 Å². The molecule has 2 amide bonds. The van der Waals surface area contributed by atoms with Crippen LogP contribution >= 0.6 is 0 Å². The highest BCUT2D eigenvalue weighted by Crippen LogP contribution is 2.10. The second-order valence-corrected chi connectivity index (χ2v) is 5.61. The molecule has 1 atom stereocenters. The van der Waals surface area contributed by atoms with Crippen molar-refractivity contribution in [3.8, 4) is 0 Å². The number of hydrogen-bond acceptors (Lipinski definition) is 3. The number of carbonyl (C=O) groups is 2. The van der Waals surface area contributed by atoms with Crippen LogP contribution in [0.25, 0.3) is 0 Å². The van der Waals surface area contributed by atoms with Crippen LogP contribution in [0.4, 0.5) is 4.79 Å². The molecule has 0 spiro atoms. The van der Waals surface area contributed by atoms with Crippen LogP contribution in [0, 0.1) is 0 Å². The molecule has 20 heavy (non-hydrogen) atoms. The molecule has 1 heterocycles. The van der Waals surface area contributed by atoms with Crippen LogP contribution in [0.15, 0.2) is 0 Å². The van der Waals surface area contributed by atoms with Crippen LogP contribution in [0.3, 0.4) is 0 Å². The second kappa shape index (κ2) is 8.09. The Kier molecular flexibility index (Phi) is 6.78. The zero-order valence-corrected chi connectivity index (χ0v) is 12.8. The van der Waals surface area contributed by atoms with Gasteiger partial charge in [-0.15, -0.1) is 0 Å². The summed E-state index contributed by atoms with van der Waals surface area (Å²) in [4.78, 5) is 26.8. The van der Waals surface area contributed by atoms with E-state index in [1.54, 1.807) is 4.90 Å². The molecule has 0 radical (unpaired) electrons. The van der Waals surface area contributed by atoms with E-state index in [4.69, 9.17) is 5.11 Å². The SMILES string of the molecule is CCN1CCCC(NC(=O)N(CCC(=O)O)C(C)C)C1. The third-order valence-electron chi connectivity index (χ3n) is 3.73. The Hall–Kier alpha value is -1.30. The van der Waals surface area contributed by atoms with Crippen molar-refractivity contribution in [1.29, 1.82) is 0 Å². The molecule has 6 heteroatoms. The smallest absolute Gasteiger partial charge is 0.317 e. The molecule has 2 N–H and O–H groups in total. The van der Waals surface area contributed by atoms with Gasteiger partial charge in [-0.25, -0.2) is 4.79 Å². The predicted molar refractivity (Wildman–Crippen MR) is 77.8 cm³/mol. The van der Waals surface area contributed by atoms with Crippen LogP contribution in [0.5, 0.6) is 0 Å². The van der Waals surface area contributed by atoms with Gasteiger partial charge in [-0.2, -0.15) is 0 Å². The van der Waals surface area contributed by atoms with E-state index >= 15 is 0 Å². The Balaban J connectivity index is 2.50. The van der Waals surface area contributed by atoms with Crippen molar-refractivity contribution in [2.45, 2.75) is 52.1 Å². The lowest BCUT2D eigenvalue weighted by Gasteiger charge is -2.34. The summed E-state index contributed by atoms with van der Waals surface area (Å²) in [7, 11) is 0. The van der Waals surface area contributed by atoms with E-state index < -0.39 is 5.97 Å². The molecule has 0 saturated carbocycles. The Morgan fingerprint density at radius 1 is 1.45 bits per heavy atom. The van der Waals surface area contributed by atoms with Crippen LogP contribution in [-0.2, 0) is 4.79 Å². The summed E-state index contributed by atoms with van der Waals surface area (Å²) < 4.78 is 0. The van der Waals surface area contributed by atoms with Crippen molar-refractivity contribution in [2.24, 2.45) is 0 Å².